The lowest BCUT2D eigenvalue weighted by molar-refractivity contribution is -0.115. The highest BCUT2D eigenvalue weighted by Gasteiger charge is 2.11. The largest absolute Gasteiger partial charge is 0.457 e. The number of thiocarbonyl (C=S) groups is 1. The van der Waals surface area contributed by atoms with Gasteiger partial charge in [0.2, 0.25) is 5.91 Å². The predicted molar refractivity (Wildman–Crippen MR) is 146 cm³/mol. The Morgan fingerprint density at radius 2 is 1.73 bits per heavy atom. The Bertz CT molecular complexity index is 1640. The van der Waals surface area contributed by atoms with Gasteiger partial charge in [0.05, 0.1) is 5.69 Å². The molecule has 7 nitrogen and oxygen atoms in total. The fourth-order valence-electron chi connectivity index (χ4n) is 3.57. The molecule has 10 heteroatoms. The quantitative estimate of drug-likeness (QED) is 0.204. The second kappa shape index (κ2) is 10.3. The van der Waals surface area contributed by atoms with Crippen molar-refractivity contribution in [3.8, 4) is 17.0 Å². The lowest BCUT2D eigenvalue weighted by Gasteiger charge is -2.10. The number of fused-ring (bicyclic) bond motifs is 1. The molecule has 2 N–H and O–H groups in total. The van der Waals surface area contributed by atoms with Crippen molar-refractivity contribution in [1.82, 2.24) is 20.3 Å². The monoisotopic (exact) mass is 531 g/mol. The maximum absolute atomic E-state index is 13.2. The summed E-state index contributed by atoms with van der Waals surface area (Å²) in [5, 5.41) is 15.3. The number of nitrogens with zero attached hydrogens (tertiary/aromatic N) is 3. The maximum atomic E-state index is 13.2. The molecule has 0 unspecified atom stereocenters. The molecule has 37 heavy (non-hydrogen) atoms. The van der Waals surface area contributed by atoms with Crippen molar-refractivity contribution in [2.45, 2.75) is 6.92 Å². The number of nitrogens with one attached hydrogen (secondary N) is 2. The van der Waals surface area contributed by atoms with Gasteiger partial charge in [-0.3, -0.25) is 10.1 Å². The predicted octanol–water partition coefficient (Wildman–Crippen LogP) is 6.31. The van der Waals surface area contributed by atoms with E-state index in [2.05, 4.69) is 20.8 Å². The molecule has 2 heterocycles. The average molecular weight is 532 g/mol. The van der Waals surface area contributed by atoms with Gasteiger partial charge in [0, 0.05) is 22.3 Å². The van der Waals surface area contributed by atoms with E-state index in [4.69, 9.17) is 28.2 Å². The van der Waals surface area contributed by atoms with Gasteiger partial charge in [0.15, 0.2) is 5.11 Å². The smallest absolute Gasteiger partial charge is 0.250 e. The molecule has 184 valence electrons. The van der Waals surface area contributed by atoms with Crippen molar-refractivity contribution in [3.63, 3.8) is 0 Å². The van der Waals surface area contributed by atoms with Crippen LogP contribution in [0.3, 0.4) is 0 Å². The first-order valence-corrected chi connectivity index (χ1v) is 11.9. The minimum atomic E-state index is -0.414. The summed E-state index contributed by atoms with van der Waals surface area (Å²) in [4.78, 5) is 13.8. The van der Waals surface area contributed by atoms with E-state index in [0.29, 0.717) is 39.0 Å². The first-order valence-electron chi connectivity index (χ1n) is 11.1. The number of benzene rings is 3. The number of carbonyl (C=O) groups is 1. The number of halogens is 2. The van der Waals surface area contributed by atoms with Gasteiger partial charge in [-0.2, -0.15) is 4.80 Å². The zero-order valence-electron chi connectivity index (χ0n) is 19.4. The Kier molecular flexibility index (Phi) is 6.80. The molecule has 0 spiro atoms. The van der Waals surface area contributed by atoms with Gasteiger partial charge in [0.25, 0.3) is 0 Å². The molecule has 0 aliphatic heterocycles. The lowest BCUT2D eigenvalue weighted by Crippen LogP contribution is -2.33. The van der Waals surface area contributed by atoms with Crippen LogP contribution >= 0.6 is 23.8 Å². The van der Waals surface area contributed by atoms with Crippen molar-refractivity contribution in [2.75, 3.05) is 5.32 Å². The first kappa shape index (κ1) is 24.4. The Morgan fingerprint density at radius 1 is 1.03 bits per heavy atom. The highest BCUT2D eigenvalue weighted by Crippen LogP contribution is 2.25. The van der Waals surface area contributed by atoms with E-state index >= 15 is 0 Å². The molecule has 0 saturated carbocycles. The molecule has 5 aromatic rings. The maximum Gasteiger partial charge on any atom is 0.250 e. The fraction of sp³-hybridized carbons (Fsp3) is 0.0370. The topological polar surface area (TPSA) is 85.0 Å². The van der Waals surface area contributed by atoms with Crippen molar-refractivity contribution in [1.29, 1.82) is 0 Å². The summed E-state index contributed by atoms with van der Waals surface area (Å²) in [6.45, 7) is 1.89. The Balaban J connectivity index is 1.23. The van der Waals surface area contributed by atoms with Crippen LogP contribution in [0.15, 0.2) is 83.3 Å². The number of rotatable bonds is 5. The third kappa shape index (κ3) is 5.74. The van der Waals surface area contributed by atoms with Crippen LogP contribution in [0.25, 0.3) is 34.1 Å². The van der Waals surface area contributed by atoms with Gasteiger partial charge in [-0.15, -0.1) is 10.2 Å². The molecule has 5 rings (SSSR count). The van der Waals surface area contributed by atoms with Crippen molar-refractivity contribution < 1.29 is 13.6 Å². The normalized spacial score (nSPS) is 11.2. The van der Waals surface area contributed by atoms with Crippen LogP contribution in [-0.2, 0) is 4.79 Å². The molecule has 0 saturated heterocycles. The number of hydrogen-bond donors (Lipinski definition) is 2. The first-order chi connectivity index (χ1) is 17.8. The Hall–Kier alpha value is -4.34. The van der Waals surface area contributed by atoms with Crippen LogP contribution < -0.4 is 10.6 Å². The number of aromatic nitrogens is 3. The van der Waals surface area contributed by atoms with Crippen molar-refractivity contribution in [2.24, 2.45) is 0 Å². The number of carbonyl (C=O) groups excluding carboxylic acids is 1. The van der Waals surface area contributed by atoms with Crippen LogP contribution in [0.5, 0.6) is 0 Å². The van der Waals surface area contributed by atoms with Crippen LogP contribution in [0.4, 0.5) is 10.1 Å². The van der Waals surface area contributed by atoms with Crippen molar-refractivity contribution in [3.05, 3.63) is 101 Å². The summed E-state index contributed by atoms with van der Waals surface area (Å²) in [7, 11) is 0. The molecule has 0 aliphatic rings. The number of furan rings is 1. The highest BCUT2D eigenvalue weighted by molar-refractivity contribution is 7.80. The molecule has 0 fully saturated rings. The standard InChI is InChI=1S/C27H19ClFN5O2S/c1-16-14-23-24(33-34(32-23)20-8-6-19(29)7-9-20)15-22(16)30-27(37)31-26(35)13-11-21-10-12-25(36-21)17-2-4-18(28)5-3-17/h2-15H,1H3,(H2,30,31,35,37). The molecule has 1 amide bonds. The summed E-state index contributed by atoms with van der Waals surface area (Å²) in [6.07, 6.45) is 2.89. The van der Waals surface area contributed by atoms with Crippen LogP contribution in [0.1, 0.15) is 11.3 Å². The average Bonchev–Trinajstić information content (AvgIpc) is 3.51. The number of hydrogen-bond acceptors (Lipinski definition) is 5. The van der Waals surface area contributed by atoms with E-state index in [0.717, 1.165) is 11.1 Å². The molecular weight excluding hydrogens is 513 g/mol. The van der Waals surface area contributed by atoms with Gasteiger partial charge in [-0.1, -0.05) is 11.6 Å². The molecule has 0 atom stereocenters. The summed E-state index contributed by atoms with van der Waals surface area (Å²) >= 11 is 11.2. The molecule has 0 radical (unpaired) electrons. The van der Waals surface area contributed by atoms with Crippen LogP contribution in [-0.4, -0.2) is 26.0 Å². The van der Waals surface area contributed by atoms with Gasteiger partial charge < -0.3 is 9.73 Å². The number of anilines is 1. The Morgan fingerprint density at radius 3 is 2.46 bits per heavy atom. The van der Waals surface area contributed by atoms with E-state index < -0.39 is 5.91 Å². The van der Waals surface area contributed by atoms with Gasteiger partial charge in [-0.25, -0.2) is 4.39 Å². The molecule has 3 aromatic carbocycles. The third-order valence-corrected chi connectivity index (χ3v) is 5.88. The summed E-state index contributed by atoms with van der Waals surface area (Å²) < 4.78 is 19.0. The van der Waals surface area contributed by atoms with E-state index in [-0.39, 0.29) is 10.9 Å². The van der Waals surface area contributed by atoms with E-state index in [1.165, 1.54) is 23.0 Å². The highest BCUT2D eigenvalue weighted by atomic mass is 35.5. The van der Waals surface area contributed by atoms with Crippen LogP contribution in [0, 0.1) is 12.7 Å². The summed E-state index contributed by atoms with van der Waals surface area (Å²) in [5.74, 6) is 0.434. The zero-order chi connectivity index (χ0) is 25.9. The van der Waals surface area contributed by atoms with Gasteiger partial charge >= 0.3 is 0 Å². The second-order valence-corrected chi connectivity index (χ2v) is 8.95. The Labute approximate surface area is 221 Å². The van der Waals surface area contributed by atoms with E-state index in [9.17, 15) is 9.18 Å². The zero-order valence-corrected chi connectivity index (χ0v) is 21.0. The van der Waals surface area contributed by atoms with Gasteiger partial charge in [0.1, 0.15) is 28.4 Å². The molecule has 0 aliphatic carbocycles. The molecule has 0 bridgehead atoms. The van der Waals surface area contributed by atoms with Crippen molar-refractivity contribution >= 4 is 57.6 Å². The van der Waals surface area contributed by atoms with Gasteiger partial charge in [-0.05, 0) is 104 Å². The van der Waals surface area contributed by atoms with E-state index in [1.54, 1.807) is 42.5 Å². The lowest BCUT2D eigenvalue weighted by atomic mass is 10.2. The van der Waals surface area contributed by atoms with Crippen LogP contribution in [0.2, 0.25) is 5.02 Å². The minimum absolute atomic E-state index is 0.129. The number of aryl methyl sites for hydroxylation is 1. The fourth-order valence-corrected chi connectivity index (χ4v) is 3.91. The summed E-state index contributed by atoms with van der Waals surface area (Å²) in [6, 6.07) is 20.4. The minimum Gasteiger partial charge on any atom is -0.457 e. The molecule has 2 aromatic heterocycles. The summed E-state index contributed by atoms with van der Waals surface area (Å²) in [5.41, 5.74) is 4.32. The molecular formula is C27H19ClFN5O2S. The third-order valence-electron chi connectivity index (χ3n) is 5.42. The van der Waals surface area contributed by atoms with E-state index in [1.807, 2.05) is 31.2 Å². The SMILES string of the molecule is Cc1cc2nn(-c3ccc(F)cc3)nc2cc1NC(=S)NC(=O)C=Cc1ccc(-c2ccc(Cl)cc2)o1. The second-order valence-electron chi connectivity index (χ2n) is 8.11. The number of amides is 1.